The van der Waals surface area contributed by atoms with Gasteiger partial charge in [0.05, 0.1) is 13.5 Å². The lowest BCUT2D eigenvalue weighted by Crippen LogP contribution is -2.49. The van der Waals surface area contributed by atoms with E-state index in [-0.39, 0.29) is 30.8 Å². The summed E-state index contributed by atoms with van der Waals surface area (Å²) in [6, 6.07) is 9.15. The number of carbonyl (C=O) groups excluding carboxylic acids is 2. The Morgan fingerprint density at radius 3 is 2.32 bits per heavy atom. The van der Waals surface area contributed by atoms with Crippen LogP contribution in [0.2, 0.25) is 0 Å². The van der Waals surface area contributed by atoms with Gasteiger partial charge in [-0.15, -0.1) is 0 Å². The largest absolute Gasteiger partial charge is 0.469 e. The van der Waals surface area contributed by atoms with Gasteiger partial charge in [-0.2, -0.15) is 0 Å². The minimum absolute atomic E-state index is 0.149. The highest BCUT2D eigenvalue weighted by molar-refractivity contribution is 5.79. The van der Waals surface area contributed by atoms with Crippen LogP contribution in [0.5, 0.6) is 0 Å². The van der Waals surface area contributed by atoms with Crippen LogP contribution in [0.25, 0.3) is 0 Å². The number of ether oxygens (including phenoxy) is 1. The molecule has 5 heteroatoms. The van der Waals surface area contributed by atoms with E-state index in [0.29, 0.717) is 12.8 Å². The third-order valence-corrected chi connectivity index (χ3v) is 4.10. The minimum atomic E-state index is -0.569. The zero-order valence-electron chi connectivity index (χ0n) is 13.6. The topological polar surface area (TPSA) is 81.4 Å². The quantitative estimate of drug-likeness (QED) is 0.722. The SMILES string of the molecule is CCC(CC)(CC(=O)OC)NC(=O)CC(N)c1ccccc1. The van der Waals surface area contributed by atoms with E-state index in [9.17, 15) is 9.59 Å². The van der Waals surface area contributed by atoms with Crippen LogP contribution in [0.1, 0.15) is 51.1 Å². The maximum atomic E-state index is 12.3. The van der Waals surface area contributed by atoms with E-state index >= 15 is 0 Å². The van der Waals surface area contributed by atoms with Gasteiger partial charge in [0.15, 0.2) is 0 Å². The van der Waals surface area contributed by atoms with Crippen molar-refractivity contribution < 1.29 is 14.3 Å². The maximum Gasteiger partial charge on any atom is 0.307 e. The molecular formula is C17H26N2O3. The molecule has 1 atom stereocenters. The molecule has 5 nitrogen and oxygen atoms in total. The highest BCUT2D eigenvalue weighted by Crippen LogP contribution is 2.22. The summed E-state index contributed by atoms with van der Waals surface area (Å²) in [5.74, 6) is -0.472. The number of nitrogens with one attached hydrogen (secondary N) is 1. The molecule has 0 saturated heterocycles. The number of hydrogen-bond donors (Lipinski definition) is 2. The molecule has 1 aromatic rings. The fraction of sp³-hybridized carbons (Fsp3) is 0.529. The van der Waals surface area contributed by atoms with E-state index in [0.717, 1.165) is 5.56 Å². The third kappa shape index (κ3) is 5.15. The number of rotatable bonds is 8. The number of hydrogen-bond acceptors (Lipinski definition) is 4. The summed E-state index contributed by atoms with van der Waals surface area (Å²) in [6.07, 6.45) is 1.67. The minimum Gasteiger partial charge on any atom is -0.469 e. The van der Waals surface area contributed by atoms with Crippen LogP contribution in [0.15, 0.2) is 30.3 Å². The number of esters is 1. The molecule has 0 bridgehead atoms. The summed E-state index contributed by atoms with van der Waals surface area (Å²) in [5.41, 5.74) is 6.42. The molecule has 0 fully saturated rings. The molecule has 0 aliphatic heterocycles. The van der Waals surface area contributed by atoms with Gasteiger partial charge in [0.2, 0.25) is 5.91 Å². The number of methoxy groups -OCH3 is 1. The summed E-state index contributed by atoms with van der Waals surface area (Å²) in [5, 5.41) is 2.98. The third-order valence-electron chi connectivity index (χ3n) is 4.10. The zero-order valence-corrected chi connectivity index (χ0v) is 13.6. The Morgan fingerprint density at radius 1 is 1.23 bits per heavy atom. The van der Waals surface area contributed by atoms with E-state index in [4.69, 9.17) is 10.5 Å². The molecule has 0 aliphatic carbocycles. The number of nitrogens with two attached hydrogens (primary N) is 1. The van der Waals surface area contributed by atoms with Crippen molar-refractivity contribution in [2.24, 2.45) is 5.73 Å². The second-order valence-electron chi connectivity index (χ2n) is 5.51. The van der Waals surface area contributed by atoms with Crippen molar-refractivity contribution in [1.29, 1.82) is 0 Å². The monoisotopic (exact) mass is 306 g/mol. The van der Waals surface area contributed by atoms with Crippen molar-refractivity contribution in [3.63, 3.8) is 0 Å². The number of benzene rings is 1. The second-order valence-corrected chi connectivity index (χ2v) is 5.51. The lowest BCUT2D eigenvalue weighted by Gasteiger charge is -2.32. The van der Waals surface area contributed by atoms with Gasteiger partial charge in [0.1, 0.15) is 0 Å². The first-order valence-electron chi connectivity index (χ1n) is 7.64. The van der Waals surface area contributed by atoms with Crippen molar-refractivity contribution >= 4 is 11.9 Å². The van der Waals surface area contributed by atoms with Gasteiger partial charge >= 0.3 is 5.97 Å². The molecule has 0 aromatic heterocycles. The maximum absolute atomic E-state index is 12.3. The van der Waals surface area contributed by atoms with Crippen molar-refractivity contribution in [3.05, 3.63) is 35.9 Å². The summed E-state index contributed by atoms with van der Waals surface area (Å²) >= 11 is 0. The van der Waals surface area contributed by atoms with Crippen LogP contribution in [0, 0.1) is 0 Å². The standard InChI is InChI=1S/C17H26N2O3/c1-4-17(5-2,12-16(21)22-3)19-15(20)11-14(18)13-9-7-6-8-10-13/h6-10,14H,4-5,11-12,18H2,1-3H3,(H,19,20). The molecule has 1 unspecified atom stereocenters. The van der Waals surface area contributed by atoms with Crippen LogP contribution in [-0.2, 0) is 14.3 Å². The highest BCUT2D eigenvalue weighted by Gasteiger charge is 2.31. The summed E-state index contributed by atoms with van der Waals surface area (Å²) in [4.78, 5) is 23.9. The Kier molecular flexibility index (Phi) is 7.05. The molecule has 122 valence electrons. The molecule has 0 saturated carbocycles. The summed E-state index contributed by atoms with van der Waals surface area (Å²) < 4.78 is 4.73. The van der Waals surface area contributed by atoms with Crippen LogP contribution in [0.3, 0.4) is 0 Å². The van der Waals surface area contributed by atoms with Crippen LogP contribution < -0.4 is 11.1 Å². The molecule has 22 heavy (non-hydrogen) atoms. The molecule has 1 amide bonds. The summed E-state index contributed by atoms with van der Waals surface area (Å²) in [7, 11) is 1.35. The molecular weight excluding hydrogens is 280 g/mol. The van der Waals surface area contributed by atoms with E-state index in [1.165, 1.54) is 7.11 Å². The van der Waals surface area contributed by atoms with Crippen LogP contribution in [-0.4, -0.2) is 24.5 Å². The van der Waals surface area contributed by atoms with Gasteiger partial charge in [-0.25, -0.2) is 0 Å². The normalized spacial score (nSPS) is 12.5. The highest BCUT2D eigenvalue weighted by atomic mass is 16.5. The molecule has 0 aliphatic rings. The van der Waals surface area contributed by atoms with Gasteiger partial charge in [-0.1, -0.05) is 44.2 Å². The first-order valence-corrected chi connectivity index (χ1v) is 7.64. The van der Waals surface area contributed by atoms with Gasteiger partial charge < -0.3 is 15.8 Å². The first kappa shape index (κ1) is 18.2. The molecule has 1 aromatic carbocycles. The van der Waals surface area contributed by atoms with Crippen molar-refractivity contribution in [2.75, 3.05) is 7.11 Å². The average molecular weight is 306 g/mol. The Hall–Kier alpha value is -1.88. The Labute approximate surface area is 132 Å². The van der Waals surface area contributed by atoms with Gasteiger partial charge in [-0.05, 0) is 18.4 Å². The summed E-state index contributed by atoms with van der Waals surface area (Å²) in [6.45, 7) is 3.90. The fourth-order valence-corrected chi connectivity index (χ4v) is 2.43. The number of carbonyl (C=O) groups is 2. The van der Waals surface area contributed by atoms with Crippen LogP contribution >= 0.6 is 0 Å². The number of amides is 1. The fourth-order valence-electron chi connectivity index (χ4n) is 2.43. The average Bonchev–Trinajstić information content (AvgIpc) is 2.54. The van der Waals surface area contributed by atoms with E-state index in [2.05, 4.69) is 5.32 Å². The zero-order chi connectivity index (χ0) is 16.6. The van der Waals surface area contributed by atoms with Crippen molar-refractivity contribution in [3.8, 4) is 0 Å². The van der Waals surface area contributed by atoms with Crippen molar-refractivity contribution in [1.82, 2.24) is 5.32 Å². The van der Waals surface area contributed by atoms with E-state index in [1.807, 2.05) is 44.2 Å². The van der Waals surface area contributed by atoms with Crippen molar-refractivity contribution in [2.45, 2.75) is 51.1 Å². The Morgan fingerprint density at radius 2 is 1.82 bits per heavy atom. The van der Waals surface area contributed by atoms with Gasteiger partial charge in [0.25, 0.3) is 0 Å². The lowest BCUT2D eigenvalue weighted by atomic mass is 9.88. The Balaban J connectivity index is 2.69. The second kappa shape index (κ2) is 8.54. The Bertz CT molecular complexity index is 484. The predicted octanol–water partition coefficient (Wildman–Crippen LogP) is 2.31. The van der Waals surface area contributed by atoms with Gasteiger partial charge in [0, 0.05) is 18.0 Å². The van der Waals surface area contributed by atoms with Gasteiger partial charge in [-0.3, -0.25) is 9.59 Å². The van der Waals surface area contributed by atoms with Crippen LogP contribution in [0.4, 0.5) is 0 Å². The molecule has 3 N–H and O–H groups in total. The predicted molar refractivity (Wildman–Crippen MR) is 86.1 cm³/mol. The first-order chi connectivity index (χ1) is 10.5. The smallest absolute Gasteiger partial charge is 0.307 e. The molecule has 1 rings (SSSR count). The molecule has 0 heterocycles. The van der Waals surface area contributed by atoms with E-state index in [1.54, 1.807) is 0 Å². The van der Waals surface area contributed by atoms with E-state index < -0.39 is 5.54 Å². The molecule has 0 spiro atoms. The molecule has 0 radical (unpaired) electrons. The lowest BCUT2D eigenvalue weighted by molar-refractivity contribution is -0.142.